The van der Waals surface area contributed by atoms with Gasteiger partial charge in [-0.1, -0.05) is 11.6 Å². The van der Waals surface area contributed by atoms with E-state index in [0.717, 1.165) is 11.4 Å². The van der Waals surface area contributed by atoms with Crippen LogP contribution in [0.25, 0.3) is 0 Å². The lowest BCUT2D eigenvalue weighted by Crippen LogP contribution is -2.56. The Morgan fingerprint density at radius 1 is 1.24 bits per heavy atom. The molecule has 0 saturated carbocycles. The summed E-state index contributed by atoms with van der Waals surface area (Å²) in [5.41, 5.74) is 1.52. The number of halogens is 1. The number of carbonyl (C=O) groups is 1. The maximum Gasteiger partial charge on any atom is 0.255 e. The van der Waals surface area contributed by atoms with Crippen LogP contribution in [-0.2, 0) is 0 Å². The summed E-state index contributed by atoms with van der Waals surface area (Å²) in [5, 5.41) is 0.680. The number of amides is 1. The molecule has 0 spiro atoms. The van der Waals surface area contributed by atoms with Crippen LogP contribution >= 0.6 is 11.6 Å². The van der Waals surface area contributed by atoms with Crippen LogP contribution in [0, 0.1) is 6.92 Å². The molecule has 108 valence electrons. The van der Waals surface area contributed by atoms with E-state index in [4.69, 9.17) is 16.3 Å². The van der Waals surface area contributed by atoms with Crippen molar-refractivity contribution in [1.82, 2.24) is 9.88 Å². The first kappa shape index (κ1) is 13.9. The lowest BCUT2D eigenvalue weighted by molar-refractivity contribution is 0.0177. The molecule has 21 heavy (non-hydrogen) atoms. The van der Waals surface area contributed by atoms with Crippen molar-refractivity contribution >= 4 is 17.5 Å². The van der Waals surface area contributed by atoms with Crippen LogP contribution in [0.5, 0.6) is 5.75 Å². The van der Waals surface area contributed by atoms with Gasteiger partial charge in [0.25, 0.3) is 5.91 Å². The number of likely N-dealkylation sites (tertiary alicyclic amines) is 1. The fraction of sp³-hybridized carbons (Fsp3) is 0.250. The van der Waals surface area contributed by atoms with Crippen molar-refractivity contribution in [2.45, 2.75) is 13.0 Å². The van der Waals surface area contributed by atoms with Crippen LogP contribution in [0.3, 0.4) is 0 Å². The van der Waals surface area contributed by atoms with E-state index in [1.165, 1.54) is 0 Å². The molecule has 1 aromatic carbocycles. The van der Waals surface area contributed by atoms with Crippen molar-refractivity contribution in [3.8, 4) is 5.75 Å². The number of nitrogens with zero attached hydrogens (tertiary/aromatic N) is 2. The van der Waals surface area contributed by atoms with Crippen LogP contribution in [0.15, 0.2) is 42.6 Å². The van der Waals surface area contributed by atoms with Gasteiger partial charge in [-0.3, -0.25) is 9.78 Å². The molecular weight excluding hydrogens is 288 g/mol. The van der Waals surface area contributed by atoms with Crippen molar-refractivity contribution < 1.29 is 9.53 Å². The van der Waals surface area contributed by atoms with Crippen LogP contribution in [-0.4, -0.2) is 35.0 Å². The number of ether oxygens (including phenoxy) is 1. The summed E-state index contributed by atoms with van der Waals surface area (Å²) in [7, 11) is 0. The third kappa shape index (κ3) is 3.16. The number of pyridine rings is 1. The number of carbonyl (C=O) groups excluding carboxylic acids is 1. The molecule has 1 amide bonds. The van der Waals surface area contributed by atoms with Gasteiger partial charge in [0, 0.05) is 16.9 Å². The van der Waals surface area contributed by atoms with E-state index < -0.39 is 0 Å². The normalized spacial score (nSPS) is 14.7. The second kappa shape index (κ2) is 5.74. The molecule has 1 saturated heterocycles. The standard InChI is InChI=1S/C16H15ClN2O2/c1-11-2-3-12(8-18-11)16(20)19-9-15(10-19)21-14-6-4-13(17)5-7-14/h2-8,15H,9-10H2,1H3. The van der Waals surface area contributed by atoms with Crippen LogP contribution in [0.1, 0.15) is 16.1 Å². The molecule has 0 radical (unpaired) electrons. The second-order valence-corrected chi connectivity index (χ2v) is 5.53. The van der Waals surface area contributed by atoms with Gasteiger partial charge in [-0.05, 0) is 43.3 Å². The minimum Gasteiger partial charge on any atom is -0.487 e. The van der Waals surface area contributed by atoms with Crippen LogP contribution in [0.2, 0.25) is 5.02 Å². The maximum absolute atomic E-state index is 12.2. The Kier molecular flexibility index (Phi) is 3.80. The molecule has 0 aliphatic carbocycles. The van der Waals surface area contributed by atoms with E-state index in [1.54, 1.807) is 29.3 Å². The van der Waals surface area contributed by atoms with E-state index >= 15 is 0 Å². The largest absolute Gasteiger partial charge is 0.487 e. The van der Waals surface area contributed by atoms with Gasteiger partial charge in [-0.25, -0.2) is 0 Å². The number of aryl methyl sites for hydroxylation is 1. The SMILES string of the molecule is Cc1ccc(C(=O)N2CC(Oc3ccc(Cl)cc3)C2)cn1. The summed E-state index contributed by atoms with van der Waals surface area (Å²) in [6.45, 7) is 3.08. The zero-order valence-electron chi connectivity index (χ0n) is 11.6. The molecule has 4 nitrogen and oxygen atoms in total. The zero-order valence-corrected chi connectivity index (χ0v) is 12.4. The van der Waals surface area contributed by atoms with Gasteiger partial charge < -0.3 is 9.64 Å². The maximum atomic E-state index is 12.2. The number of aromatic nitrogens is 1. The molecule has 0 atom stereocenters. The Hall–Kier alpha value is -2.07. The van der Waals surface area contributed by atoms with E-state index in [-0.39, 0.29) is 12.0 Å². The Morgan fingerprint density at radius 2 is 1.95 bits per heavy atom. The Morgan fingerprint density at radius 3 is 2.57 bits per heavy atom. The van der Waals surface area contributed by atoms with Gasteiger partial charge in [0.05, 0.1) is 18.7 Å². The number of hydrogen-bond donors (Lipinski definition) is 0. The Balaban J connectivity index is 1.54. The molecule has 0 unspecified atom stereocenters. The minimum absolute atomic E-state index is 0.00143. The van der Waals surface area contributed by atoms with Gasteiger partial charge in [-0.2, -0.15) is 0 Å². The highest BCUT2D eigenvalue weighted by Gasteiger charge is 2.32. The van der Waals surface area contributed by atoms with Gasteiger partial charge in [-0.15, -0.1) is 0 Å². The first-order chi connectivity index (χ1) is 10.1. The topological polar surface area (TPSA) is 42.4 Å². The third-order valence-corrected chi connectivity index (χ3v) is 3.66. The summed E-state index contributed by atoms with van der Waals surface area (Å²) in [6.07, 6.45) is 1.65. The zero-order chi connectivity index (χ0) is 14.8. The number of hydrogen-bond acceptors (Lipinski definition) is 3. The molecule has 1 aromatic heterocycles. The second-order valence-electron chi connectivity index (χ2n) is 5.09. The van der Waals surface area contributed by atoms with Crippen LogP contribution in [0.4, 0.5) is 0 Å². The molecule has 1 aliphatic heterocycles. The summed E-state index contributed by atoms with van der Waals surface area (Å²) in [6, 6.07) is 10.9. The summed E-state index contributed by atoms with van der Waals surface area (Å²) in [4.78, 5) is 18.1. The van der Waals surface area contributed by atoms with Crippen molar-refractivity contribution in [1.29, 1.82) is 0 Å². The molecule has 3 rings (SSSR count). The predicted molar refractivity (Wildman–Crippen MR) is 80.7 cm³/mol. The fourth-order valence-electron chi connectivity index (χ4n) is 2.16. The quantitative estimate of drug-likeness (QED) is 0.875. The third-order valence-electron chi connectivity index (χ3n) is 3.41. The highest BCUT2D eigenvalue weighted by atomic mass is 35.5. The smallest absolute Gasteiger partial charge is 0.255 e. The summed E-state index contributed by atoms with van der Waals surface area (Å²) in [5.74, 6) is 0.770. The van der Waals surface area contributed by atoms with Gasteiger partial charge in [0.1, 0.15) is 11.9 Å². The lowest BCUT2D eigenvalue weighted by Gasteiger charge is -2.39. The number of rotatable bonds is 3. The molecule has 1 aliphatic rings. The Labute approximate surface area is 128 Å². The summed E-state index contributed by atoms with van der Waals surface area (Å²) < 4.78 is 5.77. The van der Waals surface area contributed by atoms with E-state index in [0.29, 0.717) is 23.7 Å². The first-order valence-electron chi connectivity index (χ1n) is 6.76. The Bertz CT molecular complexity index is 634. The predicted octanol–water partition coefficient (Wildman–Crippen LogP) is 2.95. The molecule has 0 N–H and O–H groups in total. The molecular formula is C16H15ClN2O2. The average Bonchev–Trinajstić information content (AvgIpc) is 2.44. The molecule has 1 fully saturated rings. The highest BCUT2D eigenvalue weighted by molar-refractivity contribution is 6.30. The molecule has 0 bridgehead atoms. The minimum atomic E-state index is -0.00143. The van der Waals surface area contributed by atoms with Crippen molar-refractivity contribution in [2.75, 3.05) is 13.1 Å². The molecule has 2 heterocycles. The monoisotopic (exact) mass is 302 g/mol. The van der Waals surface area contributed by atoms with Crippen molar-refractivity contribution in [2.24, 2.45) is 0 Å². The molecule has 5 heteroatoms. The average molecular weight is 303 g/mol. The summed E-state index contributed by atoms with van der Waals surface area (Å²) >= 11 is 5.83. The van der Waals surface area contributed by atoms with Crippen LogP contribution < -0.4 is 4.74 Å². The van der Waals surface area contributed by atoms with Crippen molar-refractivity contribution in [3.05, 3.63) is 58.9 Å². The van der Waals surface area contributed by atoms with E-state index in [9.17, 15) is 4.79 Å². The van der Waals surface area contributed by atoms with Crippen molar-refractivity contribution in [3.63, 3.8) is 0 Å². The van der Waals surface area contributed by atoms with E-state index in [2.05, 4.69) is 4.98 Å². The highest BCUT2D eigenvalue weighted by Crippen LogP contribution is 2.21. The first-order valence-corrected chi connectivity index (χ1v) is 7.14. The lowest BCUT2D eigenvalue weighted by atomic mass is 10.1. The van der Waals surface area contributed by atoms with Gasteiger partial charge in [0.2, 0.25) is 0 Å². The van der Waals surface area contributed by atoms with E-state index in [1.807, 2.05) is 25.1 Å². The number of benzene rings is 1. The molecule has 2 aromatic rings. The fourth-order valence-corrected chi connectivity index (χ4v) is 2.29. The van der Waals surface area contributed by atoms with Gasteiger partial charge in [0.15, 0.2) is 0 Å². The van der Waals surface area contributed by atoms with Gasteiger partial charge >= 0.3 is 0 Å².